The van der Waals surface area contributed by atoms with Crippen LogP contribution in [0.25, 0.3) is 10.9 Å². The standard InChI is InChI=1S/C34H37N7/c1-23-7-8-26(39-27-13-15-35-24(2)19-27)20-34(23)38-25(3)31-11-9-28(22-37-31)40-33-14-16-36-32-12-10-29(21-30(32)33)41-17-5-4-6-18-41/h7-12,14,16,19-22,35H,4-6,13,15,17-18H2,1-3H3,(H,36,40). The van der Waals surface area contributed by atoms with E-state index in [1.54, 1.807) is 0 Å². The number of aryl methyl sites for hydroxylation is 1. The molecule has 7 heteroatoms. The highest BCUT2D eigenvalue weighted by molar-refractivity contribution is 6.00. The molecule has 1 saturated heterocycles. The first-order valence-corrected chi connectivity index (χ1v) is 14.5. The molecule has 6 rings (SSSR count). The summed E-state index contributed by atoms with van der Waals surface area (Å²) in [6.45, 7) is 9.31. The molecule has 4 heterocycles. The van der Waals surface area contributed by atoms with Gasteiger partial charge >= 0.3 is 0 Å². The van der Waals surface area contributed by atoms with E-state index < -0.39 is 0 Å². The predicted octanol–water partition coefficient (Wildman–Crippen LogP) is 7.78. The molecule has 2 aromatic carbocycles. The molecule has 0 amide bonds. The molecule has 2 N–H and O–H groups in total. The number of aliphatic imine (C=N–C) groups is 2. The van der Waals surface area contributed by atoms with Crippen molar-refractivity contribution in [3.05, 3.63) is 90.0 Å². The van der Waals surface area contributed by atoms with Crippen LogP contribution >= 0.6 is 0 Å². The number of rotatable bonds is 6. The molecular weight excluding hydrogens is 506 g/mol. The molecule has 0 aliphatic carbocycles. The highest BCUT2D eigenvalue weighted by Gasteiger charge is 2.13. The lowest BCUT2D eigenvalue weighted by atomic mass is 10.1. The van der Waals surface area contributed by atoms with Crippen molar-refractivity contribution in [1.82, 2.24) is 15.3 Å². The molecular formula is C34H37N7. The zero-order valence-corrected chi connectivity index (χ0v) is 24.1. The van der Waals surface area contributed by atoms with Crippen LogP contribution in [-0.2, 0) is 0 Å². The van der Waals surface area contributed by atoms with Crippen molar-refractivity contribution >= 4 is 50.8 Å². The van der Waals surface area contributed by atoms with Gasteiger partial charge in [-0.3, -0.25) is 20.0 Å². The number of aromatic nitrogens is 2. The number of pyridine rings is 2. The predicted molar refractivity (Wildman–Crippen MR) is 172 cm³/mol. The average Bonchev–Trinajstić information content (AvgIpc) is 3.00. The Morgan fingerprint density at radius 3 is 2.63 bits per heavy atom. The maximum Gasteiger partial charge on any atom is 0.0843 e. The summed E-state index contributed by atoms with van der Waals surface area (Å²) in [6, 6.07) is 18.9. The molecule has 4 aromatic rings. The Kier molecular flexibility index (Phi) is 7.76. The topological polar surface area (TPSA) is 77.8 Å². The first-order chi connectivity index (χ1) is 20.0. The van der Waals surface area contributed by atoms with Gasteiger partial charge in [0.05, 0.1) is 40.2 Å². The van der Waals surface area contributed by atoms with Crippen molar-refractivity contribution in [3.63, 3.8) is 0 Å². The maximum absolute atomic E-state index is 4.93. The van der Waals surface area contributed by atoms with Crippen molar-refractivity contribution in [2.75, 3.05) is 29.9 Å². The largest absolute Gasteiger partial charge is 0.388 e. The monoisotopic (exact) mass is 543 g/mol. The number of hydrogen-bond donors (Lipinski definition) is 2. The Morgan fingerprint density at radius 2 is 1.83 bits per heavy atom. The van der Waals surface area contributed by atoms with Crippen LogP contribution in [0, 0.1) is 6.92 Å². The van der Waals surface area contributed by atoms with Gasteiger partial charge in [-0.15, -0.1) is 0 Å². The van der Waals surface area contributed by atoms with Crippen LogP contribution in [0.15, 0.2) is 88.7 Å². The summed E-state index contributed by atoms with van der Waals surface area (Å²) < 4.78 is 0. The van der Waals surface area contributed by atoms with Gasteiger partial charge in [-0.25, -0.2) is 0 Å². The molecule has 0 bridgehead atoms. The van der Waals surface area contributed by atoms with Crippen LogP contribution in [0.1, 0.15) is 50.8 Å². The minimum Gasteiger partial charge on any atom is -0.388 e. The Labute approximate surface area is 242 Å². The van der Waals surface area contributed by atoms with Crippen molar-refractivity contribution in [2.24, 2.45) is 9.98 Å². The zero-order chi connectivity index (χ0) is 28.2. The summed E-state index contributed by atoms with van der Waals surface area (Å²) in [5.41, 5.74) is 11.1. The van der Waals surface area contributed by atoms with E-state index in [2.05, 4.69) is 82.9 Å². The molecule has 41 heavy (non-hydrogen) atoms. The normalized spacial score (nSPS) is 17.0. The van der Waals surface area contributed by atoms with Crippen molar-refractivity contribution < 1.29 is 0 Å². The lowest BCUT2D eigenvalue weighted by molar-refractivity contribution is 0.578. The smallest absolute Gasteiger partial charge is 0.0843 e. The number of piperidine rings is 1. The van der Waals surface area contributed by atoms with E-state index in [0.717, 1.165) is 88.1 Å². The highest BCUT2D eigenvalue weighted by Crippen LogP contribution is 2.31. The summed E-state index contributed by atoms with van der Waals surface area (Å²) in [7, 11) is 0. The molecule has 2 aliphatic heterocycles. The number of nitrogens with one attached hydrogen (secondary N) is 2. The fourth-order valence-corrected chi connectivity index (χ4v) is 5.47. The summed E-state index contributed by atoms with van der Waals surface area (Å²) in [4.78, 5) is 21.6. The van der Waals surface area contributed by atoms with Gasteiger partial charge < -0.3 is 15.5 Å². The molecule has 7 nitrogen and oxygen atoms in total. The summed E-state index contributed by atoms with van der Waals surface area (Å²) >= 11 is 0. The van der Waals surface area contributed by atoms with E-state index in [-0.39, 0.29) is 0 Å². The molecule has 0 atom stereocenters. The third-order valence-corrected chi connectivity index (χ3v) is 7.78. The van der Waals surface area contributed by atoms with E-state index in [0.29, 0.717) is 0 Å². The van der Waals surface area contributed by atoms with Gasteiger partial charge in [-0.05, 0) is 100 Å². The van der Waals surface area contributed by atoms with Gasteiger partial charge in [0, 0.05) is 60.4 Å². The average molecular weight is 544 g/mol. The quantitative estimate of drug-likeness (QED) is 0.243. The third kappa shape index (κ3) is 6.30. The number of anilines is 3. The Bertz CT molecular complexity index is 1640. The Hall–Kier alpha value is -4.52. The van der Waals surface area contributed by atoms with Crippen LogP contribution in [0.2, 0.25) is 0 Å². The minimum absolute atomic E-state index is 0.843. The molecule has 1 fully saturated rings. The second-order valence-electron chi connectivity index (χ2n) is 10.9. The molecule has 2 aromatic heterocycles. The zero-order valence-electron chi connectivity index (χ0n) is 24.1. The molecule has 0 radical (unpaired) electrons. The lowest BCUT2D eigenvalue weighted by Gasteiger charge is -2.29. The van der Waals surface area contributed by atoms with Gasteiger partial charge in [0.25, 0.3) is 0 Å². The van der Waals surface area contributed by atoms with Gasteiger partial charge in [0.15, 0.2) is 0 Å². The van der Waals surface area contributed by atoms with Gasteiger partial charge in [0.2, 0.25) is 0 Å². The summed E-state index contributed by atoms with van der Waals surface area (Å²) in [5.74, 6) is 0. The number of fused-ring (bicyclic) bond motifs is 1. The first-order valence-electron chi connectivity index (χ1n) is 14.5. The highest BCUT2D eigenvalue weighted by atomic mass is 15.1. The Balaban J connectivity index is 1.21. The number of allylic oxidation sites excluding steroid dienone is 2. The fourth-order valence-electron chi connectivity index (χ4n) is 5.47. The summed E-state index contributed by atoms with van der Waals surface area (Å²) in [5, 5.41) is 8.03. The second kappa shape index (κ2) is 11.9. The van der Waals surface area contributed by atoms with E-state index in [4.69, 9.17) is 15.0 Å². The third-order valence-electron chi connectivity index (χ3n) is 7.78. The van der Waals surface area contributed by atoms with Crippen LogP contribution in [-0.4, -0.2) is 41.0 Å². The SMILES string of the molecule is CC1=CC(=Nc2ccc(C)c(N=C(C)c3ccc(Nc4ccnc5ccc(N6CCCCC6)cc45)cn3)c2)CCN1. The van der Waals surface area contributed by atoms with Gasteiger partial charge in [0.1, 0.15) is 0 Å². The molecule has 0 saturated carbocycles. The van der Waals surface area contributed by atoms with E-state index in [1.165, 1.54) is 24.9 Å². The Morgan fingerprint density at radius 1 is 0.951 bits per heavy atom. The molecule has 208 valence electrons. The van der Waals surface area contributed by atoms with E-state index in [1.807, 2.05) is 31.5 Å². The van der Waals surface area contributed by atoms with Crippen molar-refractivity contribution in [2.45, 2.75) is 46.5 Å². The van der Waals surface area contributed by atoms with Crippen LogP contribution in [0.3, 0.4) is 0 Å². The van der Waals surface area contributed by atoms with Crippen LogP contribution in [0.5, 0.6) is 0 Å². The number of hydrogen-bond acceptors (Lipinski definition) is 7. The second-order valence-corrected chi connectivity index (χ2v) is 10.9. The van der Waals surface area contributed by atoms with Crippen LogP contribution in [0.4, 0.5) is 28.4 Å². The number of nitrogens with zero attached hydrogens (tertiary/aromatic N) is 5. The van der Waals surface area contributed by atoms with Crippen molar-refractivity contribution in [1.29, 1.82) is 0 Å². The van der Waals surface area contributed by atoms with Gasteiger partial charge in [-0.1, -0.05) is 6.07 Å². The van der Waals surface area contributed by atoms with Gasteiger partial charge in [-0.2, -0.15) is 0 Å². The minimum atomic E-state index is 0.843. The molecule has 0 unspecified atom stereocenters. The molecule has 2 aliphatic rings. The first kappa shape index (κ1) is 26.7. The van der Waals surface area contributed by atoms with Crippen molar-refractivity contribution in [3.8, 4) is 0 Å². The van der Waals surface area contributed by atoms with E-state index >= 15 is 0 Å². The van der Waals surface area contributed by atoms with Crippen LogP contribution < -0.4 is 15.5 Å². The lowest BCUT2D eigenvalue weighted by Crippen LogP contribution is -2.29. The van der Waals surface area contributed by atoms with E-state index in [9.17, 15) is 0 Å². The fraction of sp³-hybridized carbons (Fsp3) is 0.294. The number of benzene rings is 2. The maximum atomic E-state index is 4.93. The summed E-state index contributed by atoms with van der Waals surface area (Å²) in [6.07, 6.45) is 10.6. The molecule has 0 spiro atoms.